The first-order valence-corrected chi connectivity index (χ1v) is 6.74. The molecule has 3 aromatic rings. The Labute approximate surface area is 121 Å². The van der Waals surface area contributed by atoms with Crippen molar-refractivity contribution in [3.63, 3.8) is 0 Å². The first-order chi connectivity index (χ1) is 10.2. The van der Waals surface area contributed by atoms with Crippen LogP contribution in [0.1, 0.15) is 11.1 Å². The Kier molecular flexibility index (Phi) is 3.54. The number of benzene rings is 2. The molecule has 0 bridgehead atoms. The Balaban J connectivity index is 1.98. The lowest BCUT2D eigenvalue weighted by atomic mass is 10.1. The Morgan fingerprint density at radius 2 is 1.71 bits per heavy atom. The number of hydrogen-bond acceptors (Lipinski definition) is 2. The highest BCUT2D eigenvalue weighted by Gasteiger charge is 2.04. The topological polar surface area (TPSA) is 48.0 Å². The third kappa shape index (κ3) is 2.71. The maximum Gasteiger partial charge on any atom is 0.258 e. The van der Waals surface area contributed by atoms with Crippen molar-refractivity contribution >= 4 is 10.8 Å². The zero-order chi connectivity index (χ0) is 14.8. The summed E-state index contributed by atoms with van der Waals surface area (Å²) in [5, 5.41) is 1.15. The van der Waals surface area contributed by atoms with Gasteiger partial charge in [-0.1, -0.05) is 24.3 Å². The largest absolute Gasteiger partial charge is 0.326 e. The molecule has 2 aromatic carbocycles. The summed E-state index contributed by atoms with van der Waals surface area (Å²) in [5.41, 5.74) is 7.53. The maximum absolute atomic E-state index is 13.2. The molecule has 0 amide bonds. The Morgan fingerprint density at radius 1 is 1.00 bits per heavy atom. The second-order valence-corrected chi connectivity index (χ2v) is 5.00. The number of nitrogens with zero attached hydrogens (tertiary/aromatic N) is 1. The van der Waals surface area contributed by atoms with E-state index >= 15 is 0 Å². The first-order valence-electron chi connectivity index (χ1n) is 6.74. The van der Waals surface area contributed by atoms with E-state index < -0.39 is 0 Å². The van der Waals surface area contributed by atoms with Crippen molar-refractivity contribution in [2.45, 2.75) is 13.1 Å². The number of pyridine rings is 1. The van der Waals surface area contributed by atoms with Gasteiger partial charge in [0.25, 0.3) is 5.56 Å². The van der Waals surface area contributed by atoms with Crippen molar-refractivity contribution in [1.29, 1.82) is 0 Å². The van der Waals surface area contributed by atoms with Crippen molar-refractivity contribution in [1.82, 2.24) is 4.57 Å². The second kappa shape index (κ2) is 5.50. The van der Waals surface area contributed by atoms with Gasteiger partial charge in [0, 0.05) is 18.1 Å². The fraction of sp³-hybridized carbons (Fsp3) is 0.118. The van der Waals surface area contributed by atoms with Crippen LogP contribution in [-0.4, -0.2) is 4.57 Å². The fourth-order valence-corrected chi connectivity index (χ4v) is 2.36. The Hall–Kier alpha value is -2.46. The number of rotatable bonds is 3. The van der Waals surface area contributed by atoms with E-state index in [0.29, 0.717) is 23.9 Å². The summed E-state index contributed by atoms with van der Waals surface area (Å²) in [4.78, 5) is 12.4. The smallest absolute Gasteiger partial charge is 0.258 e. The van der Waals surface area contributed by atoms with Crippen molar-refractivity contribution in [3.8, 4) is 0 Å². The molecule has 106 valence electrons. The highest BCUT2D eigenvalue weighted by atomic mass is 19.1. The SMILES string of the molecule is NCc1ccc(Cn2ccc3cc(F)ccc3c2=O)cc1. The summed E-state index contributed by atoms with van der Waals surface area (Å²) in [7, 11) is 0. The van der Waals surface area contributed by atoms with E-state index in [4.69, 9.17) is 5.73 Å². The minimum absolute atomic E-state index is 0.115. The standard InChI is InChI=1S/C17H15FN2O/c18-15-5-6-16-14(9-15)7-8-20(17(16)21)11-13-3-1-12(10-19)2-4-13/h1-9H,10-11,19H2. The summed E-state index contributed by atoms with van der Waals surface area (Å²) in [6.45, 7) is 0.985. The average Bonchev–Trinajstić information content (AvgIpc) is 2.51. The minimum atomic E-state index is -0.336. The van der Waals surface area contributed by atoms with Gasteiger partial charge in [0.2, 0.25) is 0 Å². The van der Waals surface area contributed by atoms with E-state index in [1.807, 2.05) is 24.3 Å². The number of nitrogens with two attached hydrogens (primary N) is 1. The first kappa shape index (κ1) is 13.5. The lowest BCUT2D eigenvalue weighted by Gasteiger charge is -2.08. The predicted octanol–water partition coefficient (Wildman–Crippen LogP) is 2.65. The summed E-state index contributed by atoms with van der Waals surface area (Å²) < 4.78 is 14.8. The molecule has 0 radical (unpaired) electrons. The summed E-state index contributed by atoms with van der Waals surface area (Å²) in [6, 6.07) is 13.8. The molecule has 1 heterocycles. The molecule has 21 heavy (non-hydrogen) atoms. The molecule has 0 spiro atoms. The van der Waals surface area contributed by atoms with Crippen LogP contribution in [0.5, 0.6) is 0 Å². The lowest BCUT2D eigenvalue weighted by molar-refractivity contribution is 0.629. The number of aromatic nitrogens is 1. The van der Waals surface area contributed by atoms with Gasteiger partial charge in [0.1, 0.15) is 5.82 Å². The summed E-state index contributed by atoms with van der Waals surface area (Å²) in [5.74, 6) is -0.336. The van der Waals surface area contributed by atoms with Crippen LogP contribution in [0.4, 0.5) is 4.39 Å². The van der Waals surface area contributed by atoms with Gasteiger partial charge in [-0.2, -0.15) is 0 Å². The fourth-order valence-electron chi connectivity index (χ4n) is 2.36. The van der Waals surface area contributed by atoms with Crippen molar-refractivity contribution in [2.24, 2.45) is 5.73 Å². The molecule has 0 saturated heterocycles. The van der Waals surface area contributed by atoms with E-state index in [9.17, 15) is 9.18 Å². The highest BCUT2D eigenvalue weighted by molar-refractivity contribution is 5.81. The second-order valence-electron chi connectivity index (χ2n) is 5.00. The molecule has 3 rings (SSSR count). The normalized spacial score (nSPS) is 11.0. The minimum Gasteiger partial charge on any atom is -0.326 e. The van der Waals surface area contributed by atoms with E-state index in [0.717, 1.165) is 11.1 Å². The van der Waals surface area contributed by atoms with Crippen LogP contribution >= 0.6 is 0 Å². The third-order valence-electron chi connectivity index (χ3n) is 3.55. The van der Waals surface area contributed by atoms with Gasteiger partial charge in [-0.05, 0) is 40.8 Å². The van der Waals surface area contributed by atoms with E-state index in [1.165, 1.54) is 18.2 Å². The molecule has 4 heteroatoms. The monoisotopic (exact) mass is 282 g/mol. The van der Waals surface area contributed by atoms with Crippen molar-refractivity contribution < 1.29 is 4.39 Å². The molecule has 3 nitrogen and oxygen atoms in total. The van der Waals surface area contributed by atoms with Gasteiger partial charge < -0.3 is 10.3 Å². The average molecular weight is 282 g/mol. The van der Waals surface area contributed by atoms with Crippen LogP contribution in [0.15, 0.2) is 59.5 Å². The van der Waals surface area contributed by atoms with Crippen molar-refractivity contribution in [2.75, 3.05) is 0 Å². The number of fused-ring (bicyclic) bond motifs is 1. The molecule has 0 unspecified atom stereocenters. The van der Waals surface area contributed by atoms with Gasteiger partial charge in [0.05, 0.1) is 6.54 Å². The molecular weight excluding hydrogens is 267 g/mol. The van der Waals surface area contributed by atoms with Gasteiger partial charge in [-0.25, -0.2) is 4.39 Å². The van der Waals surface area contributed by atoms with Crippen LogP contribution in [-0.2, 0) is 13.1 Å². The molecule has 0 aliphatic heterocycles. The predicted molar refractivity (Wildman–Crippen MR) is 81.6 cm³/mol. The lowest BCUT2D eigenvalue weighted by Crippen LogP contribution is -2.20. The van der Waals surface area contributed by atoms with Crippen LogP contribution in [0.2, 0.25) is 0 Å². The molecule has 0 aliphatic rings. The van der Waals surface area contributed by atoms with Gasteiger partial charge in [0.15, 0.2) is 0 Å². The van der Waals surface area contributed by atoms with E-state index in [1.54, 1.807) is 16.8 Å². The van der Waals surface area contributed by atoms with Crippen LogP contribution < -0.4 is 11.3 Å². The van der Waals surface area contributed by atoms with Crippen LogP contribution in [0, 0.1) is 5.82 Å². The van der Waals surface area contributed by atoms with Gasteiger partial charge in [-0.15, -0.1) is 0 Å². The highest BCUT2D eigenvalue weighted by Crippen LogP contribution is 2.12. The molecule has 0 saturated carbocycles. The molecule has 0 atom stereocenters. The van der Waals surface area contributed by atoms with Crippen LogP contribution in [0.25, 0.3) is 10.8 Å². The van der Waals surface area contributed by atoms with Gasteiger partial charge in [-0.3, -0.25) is 4.79 Å². The number of halogens is 1. The van der Waals surface area contributed by atoms with Crippen molar-refractivity contribution in [3.05, 3.63) is 82.0 Å². The number of hydrogen-bond donors (Lipinski definition) is 1. The molecular formula is C17H15FN2O. The Morgan fingerprint density at radius 3 is 2.43 bits per heavy atom. The molecule has 1 aromatic heterocycles. The molecule has 2 N–H and O–H groups in total. The summed E-state index contributed by atoms with van der Waals surface area (Å²) >= 11 is 0. The maximum atomic E-state index is 13.2. The molecule has 0 fully saturated rings. The summed E-state index contributed by atoms with van der Waals surface area (Å²) in [6.07, 6.45) is 1.70. The van der Waals surface area contributed by atoms with E-state index in [-0.39, 0.29) is 11.4 Å². The van der Waals surface area contributed by atoms with Crippen LogP contribution in [0.3, 0.4) is 0 Å². The zero-order valence-electron chi connectivity index (χ0n) is 11.4. The van der Waals surface area contributed by atoms with Gasteiger partial charge >= 0.3 is 0 Å². The quantitative estimate of drug-likeness (QED) is 0.803. The third-order valence-corrected chi connectivity index (χ3v) is 3.55. The zero-order valence-corrected chi connectivity index (χ0v) is 11.4. The molecule has 0 aliphatic carbocycles. The van der Waals surface area contributed by atoms with E-state index in [2.05, 4.69) is 0 Å². The Bertz CT molecular complexity index is 838.